The molecule has 0 bridgehead atoms. The number of anilines is 2. The smallest absolute Gasteiger partial charge is 0.207 e. The summed E-state index contributed by atoms with van der Waals surface area (Å²) < 4.78 is 1.44. The molecule has 2 aromatic heterocycles. The van der Waals surface area contributed by atoms with Gasteiger partial charge in [-0.3, -0.25) is 0 Å². The minimum Gasteiger partial charge on any atom is -0.338 e. The zero-order valence-corrected chi connectivity index (χ0v) is 10.4. The minimum atomic E-state index is 0.652. The van der Waals surface area contributed by atoms with Crippen molar-refractivity contribution < 1.29 is 0 Å². The molecular formula is C14H10N6. The fourth-order valence-corrected chi connectivity index (χ4v) is 2.20. The first-order valence-electron chi connectivity index (χ1n) is 6.21. The van der Waals surface area contributed by atoms with E-state index in [2.05, 4.69) is 25.9 Å². The molecule has 0 radical (unpaired) electrons. The molecule has 6 nitrogen and oxygen atoms in total. The van der Waals surface area contributed by atoms with Gasteiger partial charge in [-0.2, -0.15) is 0 Å². The van der Waals surface area contributed by atoms with Crippen LogP contribution in [0.5, 0.6) is 0 Å². The predicted molar refractivity (Wildman–Crippen MR) is 75.8 cm³/mol. The average molecular weight is 262 g/mol. The summed E-state index contributed by atoms with van der Waals surface area (Å²) >= 11 is 0. The molecule has 0 amide bonds. The molecular weight excluding hydrogens is 252 g/mol. The Kier molecular flexibility index (Phi) is 2.32. The van der Waals surface area contributed by atoms with Crippen molar-refractivity contribution in [2.75, 3.05) is 5.32 Å². The highest BCUT2D eigenvalue weighted by Gasteiger charge is 2.10. The molecule has 0 fully saturated rings. The summed E-state index contributed by atoms with van der Waals surface area (Å²) in [4.78, 5) is 0. The first kappa shape index (κ1) is 10.9. The van der Waals surface area contributed by atoms with Crippen LogP contribution in [-0.4, -0.2) is 25.3 Å². The van der Waals surface area contributed by atoms with Gasteiger partial charge in [0.1, 0.15) is 0 Å². The number of aromatic nitrogens is 5. The highest BCUT2D eigenvalue weighted by Crippen LogP contribution is 2.25. The molecule has 0 aliphatic carbocycles. The van der Waals surface area contributed by atoms with E-state index in [1.165, 1.54) is 4.63 Å². The van der Waals surface area contributed by atoms with Crippen LogP contribution in [0.2, 0.25) is 0 Å². The van der Waals surface area contributed by atoms with Gasteiger partial charge in [0.25, 0.3) is 0 Å². The van der Waals surface area contributed by atoms with Gasteiger partial charge in [0.2, 0.25) is 5.65 Å². The fourth-order valence-electron chi connectivity index (χ4n) is 2.20. The van der Waals surface area contributed by atoms with Crippen LogP contribution in [0.3, 0.4) is 0 Å². The van der Waals surface area contributed by atoms with Gasteiger partial charge in [-0.25, -0.2) is 0 Å². The highest BCUT2D eigenvalue weighted by molar-refractivity contribution is 6.00. The molecule has 6 heteroatoms. The lowest BCUT2D eigenvalue weighted by Crippen LogP contribution is -2.02. The Bertz CT molecular complexity index is 884. The number of benzene rings is 2. The number of hydrogen-bond donors (Lipinski definition) is 1. The molecule has 20 heavy (non-hydrogen) atoms. The van der Waals surface area contributed by atoms with Gasteiger partial charge in [-0.15, -0.1) is 14.8 Å². The zero-order chi connectivity index (χ0) is 13.4. The molecule has 4 rings (SSSR count). The zero-order valence-electron chi connectivity index (χ0n) is 10.4. The number of fused-ring (bicyclic) bond motifs is 3. The summed E-state index contributed by atoms with van der Waals surface area (Å²) in [5, 5.41) is 21.2. The first-order chi connectivity index (χ1) is 9.92. The van der Waals surface area contributed by atoms with Gasteiger partial charge >= 0.3 is 0 Å². The summed E-state index contributed by atoms with van der Waals surface area (Å²) in [5.74, 6) is 0.728. The van der Waals surface area contributed by atoms with Crippen molar-refractivity contribution in [1.29, 1.82) is 0 Å². The molecule has 0 aliphatic heterocycles. The standard InChI is InChI=1S/C14H10N6/c1-2-6-10(7-3-1)15-13-11-8-4-5-9-12(11)14-16-18-19-20(14)17-13/h1-9H,(H,15,17). The topological polar surface area (TPSA) is 68.0 Å². The van der Waals surface area contributed by atoms with E-state index < -0.39 is 0 Å². The monoisotopic (exact) mass is 262 g/mol. The van der Waals surface area contributed by atoms with E-state index in [-0.39, 0.29) is 0 Å². The lowest BCUT2D eigenvalue weighted by molar-refractivity contribution is 0.739. The van der Waals surface area contributed by atoms with Crippen molar-refractivity contribution in [3.63, 3.8) is 0 Å². The Labute approximate surface area is 114 Å². The Morgan fingerprint density at radius 3 is 2.45 bits per heavy atom. The van der Waals surface area contributed by atoms with Crippen molar-refractivity contribution in [2.24, 2.45) is 0 Å². The molecule has 4 aromatic rings. The van der Waals surface area contributed by atoms with E-state index in [4.69, 9.17) is 0 Å². The Hall–Kier alpha value is -3.02. The van der Waals surface area contributed by atoms with E-state index in [1.54, 1.807) is 0 Å². The van der Waals surface area contributed by atoms with E-state index in [0.29, 0.717) is 5.65 Å². The van der Waals surface area contributed by atoms with Crippen molar-refractivity contribution in [3.05, 3.63) is 54.6 Å². The Morgan fingerprint density at radius 1 is 0.850 bits per heavy atom. The minimum absolute atomic E-state index is 0.652. The van der Waals surface area contributed by atoms with Crippen molar-refractivity contribution >= 4 is 27.9 Å². The molecule has 2 heterocycles. The second-order valence-corrected chi connectivity index (χ2v) is 4.38. The Morgan fingerprint density at radius 2 is 1.60 bits per heavy atom. The quantitative estimate of drug-likeness (QED) is 0.601. The number of rotatable bonds is 2. The highest BCUT2D eigenvalue weighted by atomic mass is 15.6. The summed E-state index contributed by atoms with van der Waals surface area (Å²) in [6.45, 7) is 0. The van der Waals surface area contributed by atoms with Crippen LogP contribution in [0, 0.1) is 0 Å². The molecule has 0 atom stereocenters. The normalized spacial score (nSPS) is 11.0. The van der Waals surface area contributed by atoms with E-state index in [9.17, 15) is 0 Å². The van der Waals surface area contributed by atoms with Gasteiger partial charge in [0, 0.05) is 16.5 Å². The summed E-state index contributed by atoms with van der Waals surface area (Å²) in [5.41, 5.74) is 1.62. The lowest BCUT2D eigenvalue weighted by atomic mass is 10.2. The third kappa shape index (κ3) is 1.66. The summed E-state index contributed by atoms with van der Waals surface area (Å²) in [6, 6.07) is 17.8. The van der Waals surface area contributed by atoms with Crippen molar-refractivity contribution in [1.82, 2.24) is 25.3 Å². The molecule has 0 saturated carbocycles. The number of nitrogens with zero attached hydrogens (tertiary/aromatic N) is 5. The number of tetrazole rings is 1. The van der Waals surface area contributed by atoms with Gasteiger partial charge in [0.15, 0.2) is 5.82 Å². The SMILES string of the molecule is c1ccc(Nc2nn3nnnc3c3ccccc23)cc1. The molecule has 96 valence electrons. The average Bonchev–Trinajstić information content (AvgIpc) is 2.97. The third-order valence-corrected chi connectivity index (χ3v) is 3.11. The summed E-state index contributed by atoms with van der Waals surface area (Å²) in [7, 11) is 0. The predicted octanol–water partition coefficient (Wildman–Crippen LogP) is 2.42. The number of para-hydroxylation sites is 1. The van der Waals surface area contributed by atoms with Gasteiger partial charge in [0.05, 0.1) is 0 Å². The summed E-state index contributed by atoms with van der Waals surface area (Å²) in [6.07, 6.45) is 0. The fraction of sp³-hybridized carbons (Fsp3) is 0. The largest absolute Gasteiger partial charge is 0.338 e. The lowest BCUT2D eigenvalue weighted by Gasteiger charge is -2.08. The second kappa shape index (κ2) is 4.27. The Balaban J connectivity index is 1.96. The number of hydrogen-bond acceptors (Lipinski definition) is 5. The molecule has 2 aromatic carbocycles. The molecule has 0 spiro atoms. The van der Waals surface area contributed by atoms with Gasteiger partial charge in [-0.1, -0.05) is 42.5 Å². The van der Waals surface area contributed by atoms with Crippen molar-refractivity contribution in [2.45, 2.75) is 0 Å². The van der Waals surface area contributed by atoms with Crippen LogP contribution in [-0.2, 0) is 0 Å². The maximum Gasteiger partial charge on any atom is 0.207 e. The number of nitrogens with one attached hydrogen (secondary N) is 1. The molecule has 0 aliphatic rings. The molecule has 0 unspecified atom stereocenters. The van der Waals surface area contributed by atoms with Gasteiger partial charge < -0.3 is 5.32 Å². The van der Waals surface area contributed by atoms with Crippen LogP contribution in [0.25, 0.3) is 16.4 Å². The van der Waals surface area contributed by atoms with Gasteiger partial charge in [-0.05, 0) is 22.6 Å². The maximum absolute atomic E-state index is 4.43. The second-order valence-electron chi connectivity index (χ2n) is 4.38. The van der Waals surface area contributed by atoms with E-state index in [0.717, 1.165) is 22.3 Å². The maximum atomic E-state index is 4.43. The van der Waals surface area contributed by atoms with Crippen LogP contribution < -0.4 is 5.32 Å². The molecule has 1 N–H and O–H groups in total. The van der Waals surface area contributed by atoms with Crippen LogP contribution >= 0.6 is 0 Å². The third-order valence-electron chi connectivity index (χ3n) is 3.11. The first-order valence-corrected chi connectivity index (χ1v) is 6.21. The van der Waals surface area contributed by atoms with E-state index >= 15 is 0 Å². The van der Waals surface area contributed by atoms with Crippen LogP contribution in [0.4, 0.5) is 11.5 Å². The van der Waals surface area contributed by atoms with Crippen LogP contribution in [0.1, 0.15) is 0 Å². The van der Waals surface area contributed by atoms with E-state index in [1.807, 2.05) is 54.6 Å². The van der Waals surface area contributed by atoms with Crippen LogP contribution in [0.15, 0.2) is 54.6 Å². The molecule has 0 saturated heterocycles. The van der Waals surface area contributed by atoms with Crippen molar-refractivity contribution in [3.8, 4) is 0 Å².